The van der Waals surface area contributed by atoms with Crippen molar-refractivity contribution in [1.29, 1.82) is 5.26 Å². The first-order valence-electron chi connectivity index (χ1n) is 8.03. The van der Waals surface area contributed by atoms with Crippen molar-refractivity contribution in [3.05, 3.63) is 59.7 Å². The van der Waals surface area contributed by atoms with Gasteiger partial charge in [0.15, 0.2) is 0 Å². The lowest BCUT2D eigenvalue weighted by Crippen LogP contribution is -2.29. The van der Waals surface area contributed by atoms with Crippen LogP contribution in [0.25, 0.3) is 11.1 Å². The SMILES string of the molecule is CCCS(=O)(=O)NCC(C)c1ccc(-c2ccc(C#N)cc2)cc1. The molecule has 0 aromatic heterocycles. The number of hydrogen-bond acceptors (Lipinski definition) is 3. The largest absolute Gasteiger partial charge is 0.215 e. The van der Waals surface area contributed by atoms with Crippen LogP contribution in [-0.2, 0) is 10.0 Å². The van der Waals surface area contributed by atoms with Crippen LogP contribution in [0.3, 0.4) is 0 Å². The van der Waals surface area contributed by atoms with Gasteiger partial charge in [-0.05, 0) is 41.2 Å². The Labute approximate surface area is 144 Å². The van der Waals surface area contributed by atoms with E-state index in [1.165, 1.54) is 0 Å². The Balaban J connectivity index is 2.04. The van der Waals surface area contributed by atoms with Crippen LogP contribution >= 0.6 is 0 Å². The topological polar surface area (TPSA) is 70.0 Å². The van der Waals surface area contributed by atoms with E-state index in [1.54, 1.807) is 12.1 Å². The molecule has 126 valence electrons. The van der Waals surface area contributed by atoms with Crippen molar-refractivity contribution < 1.29 is 8.42 Å². The van der Waals surface area contributed by atoms with Gasteiger partial charge in [-0.3, -0.25) is 0 Å². The molecule has 0 bridgehead atoms. The van der Waals surface area contributed by atoms with Crippen molar-refractivity contribution in [1.82, 2.24) is 4.72 Å². The van der Waals surface area contributed by atoms with Gasteiger partial charge in [-0.25, -0.2) is 13.1 Å². The second kappa shape index (κ2) is 8.09. The summed E-state index contributed by atoms with van der Waals surface area (Å²) in [6.07, 6.45) is 0.614. The minimum Gasteiger partial charge on any atom is -0.215 e. The Kier molecular flexibility index (Phi) is 6.13. The maximum absolute atomic E-state index is 11.7. The van der Waals surface area contributed by atoms with E-state index in [4.69, 9.17) is 5.26 Å². The van der Waals surface area contributed by atoms with E-state index < -0.39 is 10.0 Å². The van der Waals surface area contributed by atoms with Gasteiger partial charge >= 0.3 is 0 Å². The van der Waals surface area contributed by atoms with E-state index in [0.717, 1.165) is 16.7 Å². The van der Waals surface area contributed by atoms with E-state index in [9.17, 15) is 8.42 Å². The maximum atomic E-state index is 11.7. The van der Waals surface area contributed by atoms with Crippen LogP contribution in [0.15, 0.2) is 48.5 Å². The summed E-state index contributed by atoms with van der Waals surface area (Å²) in [6.45, 7) is 4.26. The molecule has 0 aliphatic heterocycles. The number of nitriles is 1. The van der Waals surface area contributed by atoms with Gasteiger partial charge in [-0.1, -0.05) is 50.2 Å². The predicted octanol–water partition coefficient (Wildman–Crippen LogP) is 3.66. The van der Waals surface area contributed by atoms with Crippen molar-refractivity contribution in [2.45, 2.75) is 26.2 Å². The first kappa shape index (κ1) is 18.2. The Morgan fingerprint density at radius 2 is 1.58 bits per heavy atom. The zero-order valence-electron chi connectivity index (χ0n) is 14.0. The molecule has 2 rings (SSSR count). The highest BCUT2D eigenvalue weighted by atomic mass is 32.2. The highest BCUT2D eigenvalue weighted by molar-refractivity contribution is 7.89. The van der Waals surface area contributed by atoms with Crippen molar-refractivity contribution in [2.75, 3.05) is 12.3 Å². The quantitative estimate of drug-likeness (QED) is 0.835. The summed E-state index contributed by atoms with van der Waals surface area (Å²) in [5.41, 5.74) is 3.86. The van der Waals surface area contributed by atoms with Gasteiger partial charge in [0.05, 0.1) is 17.4 Å². The normalized spacial score (nSPS) is 12.5. The molecule has 2 aromatic rings. The van der Waals surface area contributed by atoms with Crippen LogP contribution in [-0.4, -0.2) is 20.7 Å². The van der Waals surface area contributed by atoms with Crippen LogP contribution in [0.4, 0.5) is 0 Å². The number of benzene rings is 2. The van der Waals surface area contributed by atoms with Crippen molar-refractivity contribution in [3.8, 4) is 17.2 Å². The molecule has 1 N–H and O–H groups in total. The van der Waals surface area contributed by atoms with E-state index in [0.29, 0.717) is 18.5 Å². The zero-order valence-corrected chi connectivity index (χ0v) is 14.8. The zero-order chi connectivity index (χ0) is 17.6. The molecular weight excluding hydrogens is 320 g/mol. The van der Waals surface area contributed by atoms with Gasteiger partial charge in [-0.2, -0.15) is 5.26 Å². The number of rotatable bonds is 7. The summed E-state index contributed by atoms with van der Waals surface area (Å²) in [7, 11) is -3.17. The summed E-state index contributed by atoms with van der Waals surface area (Å²) in [6, 6.07) is 17.6. The maximum Gasteiger partial charge on any atom is 0.211 e. The lowest BCUT2D eigenvalue weighted by molar-refractivity contribution is 0.573. The fourth-order valence-electron chi connectivity index (χ4n) is 2.45. The lowest BCUT2D eigenvalue weighted by Gasteiger charge is -2.14. The fraction of sp³-hybridized carbons (Fsp3) is 0.316. The molecule has 0 fully saturated rings. The lowest BCUT2D eigenvalue weighted by atomic mass is 9.97. The van der Waals surface area contributed by atoms with E-state index in [-0.39, 0.29) is 11.7 Å². The first-order valence-corrected chi connectivity index (χ1v) is 9.68. The molecule has 0 spiro atoms. The Morgan fingerprint density at radius 3 is 2.08 bits per heavy atom. The highest BCUT2D eigenvalue weighted by Crippen LogP contribution is 2.23. The highest BCUT2D eigenvalue weighted by Gasteiger charge is 2.12. The monoisotopic (exact) mass is 342 g/mol. The molecule has 2 aromatic carbocycles. The number of hydrogen-bond donors (Lipinski definition) is 1. The molecule has 0 saturated carbocycles. The molecule has 0 saturated heterocycles. The van der Waals surface area contributed by atoms with Crippen LogP contribution in [0.5, 0.6) is 0 Å². The Hall–Kier alpha value is -2.16. The summed E-state index contributed by atoms with van der Waals surface area (Å²) < 4.78 is 26.1. The summed E-state index contributed by atoms with van der Waals surface area (Å²) in [5.74, 6) is 0.267. The third kappa shape index (κ3) is 4.92. The van der Waals surface area contributed by atoms with Gasteiger partial charge in [0, 0.05) is 6.54 Å². The molecule has 0 amide bonds. The number of nitrogens with zero attached hydrogens (tertiary/aromatic N) is 1. The number of nitrogens with one attached hydrogen (secondary N) is 1. The second-order valence-corrected chi connectivity index (χ2v) is 7.81. The van der Waals surface area contributed by atoms with Gasteiger partial charge in [0.25, 0.3) is 0 Å². The van der Waals surface area contributed by atoms with Crippen LogP contribution in [0.2, 0.25) is 0 Å². The molecule has 1 atom stereocenters. The third-order valence-electron chi connectivity index (χ3n) is 3.91. The van der Waals surface area contributed by atoms with Crippen molar-refractivity contribution >= 4 is 10.0 Å². The van der Waals surface area contributed by atoms with E-state index >= 15 is 0 Å². The second-order valence-electron chi connectivity index (χ2n) is 5.88. The van der Waals surface area contributed by atoms with Gasteiger partial charge in [0.1, 0.15) is 0 Å². The number of sulfonamides is 1. The molecule has 0 aliphatic rings. The molecule has 0 radical (unpaired) electrons. The van der Waals surface area contributed by atoms with E-state index in [1.807, 2.05) is 50.2 Å². The molecule has 0 heterocycles. The minimum absolute atomic E-state index is 0.103. The predicted molar refractivity (Wildman–Crippen MR) is 97.1 cm³/mol. The van der Waals surface area contributed by atoms with Gasteiger partial charge in [0.2, 0.25) is 10.0 Å². The Morgan fingerprint density at radius 1 is 1.04 bits per heavy atom. The summed E-state index contributed by atoms with van der Waals surface area (Å²) in [4.78, 5) is 0. The average Bonchev–Trinajstić information content (AvgIpc) is 2.60. The van der Waals surface area contributed by atoms with Gasteiger partial charge in [-0.15, -0.1) is 0 Å². The van der Waals surface area contributed by atoms with Crippen LogP contribution in [0.1, 0.15) is 37.3 Å². The molecule has 5 heteroatoms. The van der Waals surface area contributed by atoms with Crippen molar-refractivity contribution in [3.63, 3.8) is 0 Å². The minimum atomic E-state index is -3.17. The third-order valence-corrected chi connectivity index (χ3v) is 5.46. The van der Waals surface area contributed by atoms with Crippen molar-refractivity contribution in [2.24, 2.45) is 0 Å². The van der Waals surface area contributed by atoms with Crippen LogP contribution in [0, 0.1) is 11.3 Å². The molecule has 0 aliphatic carbocycles. The van der Waals surface area contributed by atoms with Crippen LogP contribution < -0.4 is 4.72 Å². The first-order chi connectivity index (χ1) is 11.4. The molecule has 24 heavy (non-hydrogen) atoms. The van der Waals surface area contributed by atoms with E-state index in [2.05, 4.69) is 10.8 Å². The molecule has 4 nitrogen and oxygen atoms in total. The summed E-state index contributed by atoms with van der Waals surface area (Å²) in [5, 5.41) is 8.84. The average molecular weight is 342 g/mol. The summed E-state index contributed by atoms with van der Waals surface area (Å²) >= 11 is 0. The van der Waals surface area contributed by atoms with Gasteiger partial charge < -0.3 is 0 Å². The fourth-order valence-corrected chi connectivity index (χ4v) is 3.64. The smallest absolute Gasteiger partial charge is 0.211 e. The Bertz CT molecular complexity index is 804. The standard InChI is InChI=1S/C19H22N2O2S/c1-3-12-24(22,23)21-14-15(2)17-8-10-19(11-9-17)18-6-4-16(13-20)5-7-18/h4-11,15,21H,3,12,14H2,1-2H3. The molecular formula is C19H22N2O2S. The molecule has 1 unspecified atom stereocenters.